The highest BCUT2D eigenvalue weighted by atomic mass is 79.9. The van der Waals surface area contributed by atoms with E-state index in [0.29, 0.717) is 11.5 Å². The highest BCUT2D eigenvalue weighted by molar-refractivity contribution is 9.10. The molecular formula is C13H11BrN2O2. The minimum Gasteiger partial charge on any atom is -0.481 e. The summed E-state index contributed by atoms with van der Waals surface area (Å²) in [6, 6.07) is 9.41. The molecule has 0 bridgehead atoms. The highest BCUT2D eigenvalue weighted by Gasteiger charge is 2.17. The molecule has 0 aliphatic rings. The Morgan fingerprint density at radius 1 is 1.33 bits per heavy atom. The predicted molar refractivity (Wildman–Crippen MR) is 71.2 cm³/mol. The Labute approximate surface area is 113 Å². The molecule has 92 valence electrons. The minimum atomic E-state index is -0.931. The summed E-state index contributed by atoms with van der Waals surface area (Å²) in [5.41, 5.74) is 1.62. The van der Waals surface area contributed by atoms with Crippen molar-refractivity contribution in [3.63, 3.8) is 0 Å². The van der Waals surface area contributed by atoms with Crippen LogP contribution < -0.4 is 0 Å². The zero-order valence-electron chi connectivity index (χ0n) is 9.67. The van der Waals surface area contributed by atoms with E-state index < -0.39 is 11.9 Å². The molecule has 1 aromatic carbocycles. The van der Waals surface area contributed by atoms with Gasteiger partial charge in [-0.1, -0.05) is 34.1 Å². The second-order valence-corrected chi connectivity index (χ2v) is 4.69. The highest BCUT2D eigenvalue weighted by Crippen LogP contribution is 2.26. The number of aliphatic carboxylic acids is 1. The van der Waals surface area contributed by atoms with Gasteiger partial charge in [-0.2, -0.15) is 0 Å². The summed E-state index contributed by atoms with van der Waals surface area (Å²) in [6.45, 7) is 1.57. The van der Waals surface area contributed by atoms with E-state index in [1.54, 1.807) is 19.2 Å². The molecule has 5 heteroatoms. The van der Waals surface area contributed by atoms with Gasteiger partial charge in [-0.3, -0.25) is 4.79 Å². The van der Waals surface area contributed by atoms with Crippen molar-refractivity contribution in [3.8, 4) is 11.3 Å². The average molecular weight is 307 g/mol. The minimum absolute atomic E-state index is 0.316. The SMILES string of the molecule is CC(C(=O)O)c1nccc(-c2ccccc2Br)n1. The lowest BCUT2D eigenvalue weighted by Crippen LogP contribution is -2.11. The Hall–Kier alpha value is -1.75. The fraction of sp³-hybridized carbons (Fsp3) is 0.154. The number of nitrogens with zero attached hydrogens (tertiary/aromatic N) is 2. The first-order chi connectivity index (χ1) is 8.59. The monoisotopic (exact) mass is 306 g/mol. The number of hydrogen-bond donors (Lipinski definition) is 1. The molecule has 0 aliphatic carbocycles. The first-order valence-corrected chi connectivity index (χ1v) is 6.19. The van der Waals surface area contributed by atoms with E-state index in [0.717, 1.165) is 10.0 Å². The lowest BCUT2D eigenvalue weighted by molar-refractivity contribution is -0.138. The molecule has 0 fully saturated rings. The summed E-state index contributed by atoms with van der Waals surface area (Å²) < 4.78 is 0.914. The first-order valence-electron chi connectivity index (χ1n) is 5.40. The maximum absolute atomic E-state index is 10.9. The van der Waals surface area contributed by atoms with Crippen LogP contribution in [0.1, 0.15) is 18.7 Å². The van der Waals surface area contributed by atoms with Gasteiger partial charge in [0.15, 0.2) is 0 Å². The average Bonchev–Trinajstić information content (AvgIpc) is 2.38. The molecule has 18 heavy (non-hydrogen) atoms. The molecule has 1 aromatic heterocycles. The third-order valence-corrected chi connectivity index (χ3v) is 3.27. The van der Waals surface area contributed by atoms with E-state index in [1.165, 1.54) is 0 Å². The molecule has 2 rings (SSSR count). The quantitative estimate of drug-likeness (QED) is 0.946. The van der Waals surface area contributed by atoms with Crippen LogP contribution in [0.15, 0.2) is 41.0 Å². The molecular weight excluding hydrogens is 296 g/mol. The molecule has 1 heterocycles. The second-order valence-electron chi connectivity index (χ2n) is 3.84. The van der Waals surface area contributed by atoms with Gasteiger partial charge in [-0.05, 0) is 19.1 Å². The van der Waals surface area contributed by atoms with E-state index in [9.17, 15) is 4.79 Å². The number of carboxylic acids is 1. The molecule has 0 saturated heterocycles. The summed E-state index contributed by atoms with van der Waals surface area (Å²) in [5.74, 6) is -1.33. The van der Waals surface area contributed by atoms with Crippen molar-refractivity contribution in [2.75, 3.05) is 0 Å². The van der Waals surface area contributed by atoms with Crippen LogP contribution in [0.3, 0.4) is 0 Å². The first kappa shape index (κ1) is 12.7. The predicted octanol–water partition coefficient (Wildman–Crippen LogP) is 3.09. The van der Waals surface area contributed by atoms with Gasteiger partial charge >= 0.3 is 5.97 Å². The number of carboxylic acid groups (broad SMARTS) is 1. The maximum atomic E-state index is 10.9. The van der Waals surface area contributed by atoms with Gasteiger partial charge in [-0.15, -0.1) is 0 Å². The van der Waals surface area contributed by atoms with E-state index in [1.807, 2.05) is 24.3 Å². The fourth-order valence-electron chi connectivity index (χ4n) is 1.51. The van der Waals surface area contributed by atoms with Crippen molar-refractivity contribution in [2.24, 2.45) is 0 Å². The van der Waals surface area contributed by atoms with Crippen molar-refractivity contribution >= 4 is 21.9 Å². The number of hydrogen-bond acceptors (Lipinski definition) is 3. The Morgan fingerprint density at radius 2 is 2.06 bits per heavy atom. The molecule has 0 spiro atoms. The number of aromatic nitrogens is 2. The lowest BCUT2D eigenvalue weighted by Gasteiger charge is -2.08. The standard InChI is InChI=1S/C13H11BrN2O2/c1-8(13(17)18)12-15-7-6-11(16-12)9-4-2-3-5-10(9)14/h2-8H,1H3,(H,17,18). The molecule has 1 unspecified atom stereocenters. The topological polar surface area (TPSA) is 63.1 Å². The Balaban J connectivity index is 2.45. The van der Waals surface area contributed by atoms with Gasteiger partial charge in [0, 0.05) is 16.2 Å². The molecule has 0 aliphatic heterocycles. The molecule has 1 N–H and O–H groups in total. The van der Waals surface area contributed by atoms with E-state index in [-0.39, 0.29) is 0 Å². The summed E-state index contributed by atoms with van der Waals surface area (Å²) in [6.07, 6.45) is 1.58. The van der Waals surface area contributed by atoms with Crippen LogP contribution >= 0.6 is 15.9 Å². The van der Waals surface area contributed by atoms with E-state index >= 15 is 0 Å². The summed E-state index contributed by atoms with van der Waals surface area (Å²) >= 11 is 3.45. The lowest BCUT2D eigenvalue weighted by atomic mass is 10.1. The van der Waals surface area contributed by atoms with Crippen molar-refractivity contribution in [1.29, 1.82) is 0 Å². The number of rotatable bonds is 3. The number of carbonyl (C=O) groups is 1. The summed E-state index contributed by atoms with van der Waals surface area (Å²) in [5, 5.41) is 8.96. The molecule has 0 amide bonds. The zero-order valence-corrected chi connectivity index (χ0v) is 11.3. The third-order valence-electron chi connectivity index (χ3n) is 2.58. The van der Waals surface area contributed by atoms with Crippen LogP contribution in [0.4, 0.5) is 0 Å². The molecule has 0 saturated carbocycles. The number of benzene rings is 1. The molecule has 4 nitrogen and oxygen atoms in total. The van der Waals surface area contributed by atoms with Crippen LogP contribution in [0, 0.1) is 0 Å². The summed E-state index contributed by atoms with van der Waals surface area (Å²) in [4.78, 5) is 19.2. The van der Waals surface area contributed by atoms with E-state index in [4.69, 9.17) is 5.11 Å². The van der Waals surface area contributed by atoms with Crippen molar-refractivity contribution in [3.05, 3.63) is 46.8 Å². The Bertz CT molecular complexity index is 587. The fourth-order valence-corrected chi connectivity index (χ4v) is 2.00. The van der Waals surface area contributed by atoms with Gasteiger partial charge in [0.05, 0.1) is 5.69 Å². The molecule has 1 atom stereocenters. The van der Waals surface area contributed by atoms with Crippen LogP contribution in [0.2, 0.25) is 0 Å². The van der Waals surface area contributed by atoms with Gasteiger partial charge in [-0.25, -0.2) is 9.97 Å². The second kappa shape index (κ2) is 5.27. The maximum Gasteiger partial charge on any atom is 0.313 e. The summed E-state index contributed by atoms with van der Waals surface area (Å²) in [7, 11) is 0. The van der Waals surface area contributed by atoms with Crippen LogP contribution in [-0.2, 0) is 4.79 Å². The largest absolute Gasteiger partial charge is 0.481 e. The van der Waals surface area contributed by atoms with Crippen molar-refractivity contribution in [2.45, 2.75) is 12.8 Å². The zero-order chi connectivity index (χ0) is 13.1. The van der Waals surface area contributed by atoms with E-state index in [2.05, 4.69) is 25.9 Å². The van der Waals surface area contributed by atoms with Crippen molar-refractivity contribution in [1.82, 2.24) is 9.97 Å². The van der Waals surface area contributed by atoms with Gasteiger partial charge in [0.25, 0.3) is 0 Å². The smallest absolute Gasteiger partial charge is 0.313 e. The van der Waals surface area contributed by atoms with Crippen LogP contribution in [-0.4, -0.2) is 21.0 Å². The molecule has 0 radical (unpaired) electrons. The van der Waals surface area contributed by atoms with Gasteiger partial charge in [0.1, 0.15) is 11.7 Å². The Morgan fingerprint density at radius 3 is 2.72 bits per heavy atom. The third kappa shape index (κ3) is 2.56. The normalized spacial score (nSPS) is 12.1. The van der Waals surface area contributed by atoms with Gasteiger partial charge < -0.3 is 5.11 Å². The molecule has 2 aromatic rings. The van der Waals surface area contributed by atoms with Crippen LogP contribution in [0.25, 0.3) is 11.3 Å². The van der Waals surface area contributed by atoms with Gasteiger partial charge in [0.2, 0.25) is 0 Å². The Kier molecular flexibility index (Phi) is 3.72. The van der Waals surface area contributed by atoms with Crippen LogP contribution in [0.5, 0.6) is 0 Å². The number of halogens is 1. The van der Waals surface area contributed by atoms with Crippen molar-refractivity contribution < 1.29 is 9.90 Å².